The van der Waals surface area contributed by atoms with Gasteiger partial charge in [-0.2, -0.15) is 0 Å². The smallest absolute Gasteiger partial charge is 0.105 e. The second kappa shape index (κ2) is 5.32. The molecule has 0 heterocycles. The number of aliphatic hydroxyl groups is 2. The number of hydrogen-bond donors (Lipinski definition) is 3. The summed E-state index contributed by atoms with van der Waals surface area (Å²) in [5.74, 6) is 0. The van der Waals surface area contributed by atoms with Crippen LogP contribution in [-0.2, 0) is 0 Å². The van der Waals surface area contributed by atoms with Gasteiger partial charge in [0.2, 0.25) is 0 Å². The second-order valence-electron chi connectivity index (χ2n) is 3.14. The highest BCUT2D eigenvalue weighted by Crippen LogP contribution is 2.21. The molecule has 0 aliphatic heterocycles. The number of nitrogens with two attached hydrogens (primary N) is 1. The summed E-state index contributed by atoms with van der Waals surface area (Å²) in [7, 11) is 0. The van der Waals surface area contributed by atoms with Crippen molar-refractivity contribution in [2.75, 3.05) is 6.54 Å². The highest BCUT2D eigenvalue weighted by atomic mass is 35.5. The molecule has 2 unspecified atom stereocenters. The zero-order valence-electron chi connectivity index (χ0n) is 7.73. The minimum atomic E-state index is -0.919. The van der Waals surface area contributed by atoms with Crippen molar-refractivity contribution >= 4 is 11.6 Å². The van der Waals surface area contributed by atoms with Crippen molar-refractivity contribution < 1.29 is 10.2 Å². The van der Waals surface area contributed by atoms with Crippen LogP contribution in [0.4, 0.5) is 0 Å². The van der Waals surface area contributed by atoms with Gasteiger partial charge in [0.25, 0.3) is 0 Å². The van der Waals surface area contributed by atoms with Gasteiger partial charge in [-0.1, -0.05) is 23.7 Å². The fourth-order valence-corrected chi connectivity index (χ4v) is 1.44. The molecule has 1 aromatic rings. The van der Waals surface area contributed by atoms with Crippen molar-refractivity contribution in [1.82, 2.24) is 0 Å². The van der Waals surface area contributed by atoms with Crippen molar-refractivity contribution in [1.29, 1.82) is 0 Å². The van der Waals surface area contributed by atoms with Crippen LogP contribution in [0.5, 0.6) is 0 Å². The van der Waals surface area contributed by atoms with Crippen LogP contribution in [0.25, 0.3) is 0 Å². The third-order valence-electron chi connectivity index (χ3n) is 2.02. The number of rotatable bonds is 4. The molecule has 3 nitrogen and oxygen atoms in total. The molecule has 0 fully saturated rings. The van der Waals surface area contributed by atoms with Crippen molar-refractivity contribution in [2.45, 2.75) is 18.6 Å². The summed E-state index contributed by atoms with van der Waals surface area (Å²) in [5.41, 5.74) is 5.89. The van der Waals surface area contributed by atoms with E-state index < -0.39 is 12.2 Å². The van der Waals surface area contributed by atoms with Gasteiger partial charge >= 0.3 is 0 Å². The predicted octanol–water partition coefficient (Wildman–Crippen LogP) is 1.08. The molecule has 0 aliphatic rings. The number of benzene rings is 1. The van der Waals surface area contributed by atoms with Crippen molar-refractivity contribution in [3.05, 3.63) is 34.9 Å². The Hall–Kier alpha value is -0.610. The summed E-state index contributed by atoms with van der Waals surface area (Å²) in [5, 5.41) is 19.7. The third kappa shape index (κ3) is 2.96. The van der Waals surface area contributed by atoms with Gasteiger partial charge in [-0.15, -0.1) is 0 Å². The Kier molecular flexibility index (Phi) is 4.35. The number of hydrogen-bond acceptors (Lipinski definition) is 3. The Balaban J connectivity index is 2.73. The Morgan fingerprint density at radius 2 is 2.07 bits per heavy atom. The van der Waals surface area contributed by atoms with Crippen LogP contribution in [0.2, 0.25) is 5.02 Å². The monoisotopic (exact) mass is 215 g/mol. The summed E-state index contributed by atoms with van der Waals surface area (Å²) in [4.78, 5) is 0. The van der Waals surface area contributed by atoms with Crippen LogP contribution in [-0.4, -0.2) is 22.9 Å². The summed E-state index contributed by atoms with van der Waals surface area (Å²) >= 11 is 5.75. The van der Waals surface area contributed by atoms with Gasteiger partial charge in [0.15, 0.2) is 0 Å². The van der Waals surface area contributed by atoms with Crippen LogP contribution in [0.3, 0.4) is 0 Å². The first-order chi connectivity index (χ1) is 6.65. The Labute approximate surface area is 88.1 Å². The van der Waals surface area contributed by atoms with Crippen LogP contribution in [0.1, 0.15) is 18.1 Å². The van der Waals surface area contributed by atoms with E-state index in [9.17, 15) is 10.2 Å². The molecule has 0 aromatic heterocycles. The summed E-state index contributed by atoms with van der Waals surface area (Å²) < 4.78 is 0. The summed E-state index contributed by atoms with van der Waals surface area (Å²) in [6.45, 7) is 0.346. The predicted molar refractivity (Wildman–Crippen MR) is 56.1 cm³/mol. The van der Waals surface area contributed by atoms with E-state index in [1.807, 2.05) is 0 Å². The van der Waals surface area contributed by atoms with Crippen LogP contribution in [0.15, 0.2) is 24.3 Å². The van der Waals surface area contributed by atoms with Gasteiger partial charge in [0.1, 0.15) is 6.10 Å². The van der Waals surface area contributed by atoms with E-state index in [2.05, 4.69) is 0 Å². The topological polar surface area (TPSA) is 66.5 Å². The zero-order valence-corrected chi connectivity index (χ0v) is 8.48. The standard InChI is InChI=1S/C10H14ClNO2/c11-8-3-1-2-7(6-8)10(14)9(13)4-5-12/h1-3,6,9-10,13-14H,4-5,12H2. The maximum Gasteiger partial charge on any atom is 0.105 e. The van der Waals surface area contributed by atoms with Crippen LogP contribution in [0, 0.1) is 0 Å². The first-order valence-corrected chi connectivity index (χ1v) is 4.84. The molecule has 14 heavy (non-hydrogen) atoms. The molecule has 4 N–H and O–H groups in total. The fourth-order valence-electron chi connectivity index (χ4n) is 1.24. The lowest BCUT2D eigenvalue weighted by molar-refractivity contribution is 0.0150. The molecule has 4 heteroatoms. The molecular weight excluding hydrogens is 202 g/mol. The molecule has 1 rings (SSSR count). The maximum atomic E-state index is 9.68. The first kappa shape index (κ1) is 11.5. The van der Waals surface area contributed by atoms with E-state index in [0.29, 0.717) is 23.6 Å². The van der Waals surface area contributed by atoms with E-state index >= 15 is 0 Å². The maximum absolute atomic E-state index is 9.68. The van der Waals surface area contributed by atoms with Crippen molar-refractivity contribution in [2.24, 2.45) is 5.73 Å². The average Bonchev–Trinajstić information content (AvgIpc) is 2.17. The molecule has 1 aromatic carbocycles. The Morgan fingerprint density at radius 1 is 1.36 bits per heavy atom. The van der Waals surface area contributed by atoms with Crippen molar-refractivity contribution in [3.63, 3.8) is 0 Å². The number of halogens is 1. The van der Waals surface area contributed by atoms with E-state index in [1.54, 1.807) is 24.3 Å². The highest BCUT2D eigenvalue weighted by molar-refractivity contribution is 6.30. The molecular formula is C10H14ClNO2. The molecule has 2 atom stereocenters. The van der Waals surface area contributed by atoms with E-state index in [1.165, 1.54) is 0 Å². The first-order valence-electron chi connectivity index (χ1n) is 4.47. The second-order valence-corrected chi connectivity index (χ2v) is 3.58. The molecule has 78 valence electrons. The van der Waals surface area contributed by atoms with Gasteiger partial charge in [0, 0.05) is 5.02 Å². The molecule has 0 radical (unpaired) electrons. The van der Waals surface area contributed by atoms with Crippen LogP contribution < -0.4 is 5.73 Å². The Bertz CT molecular complexity index is 293. The lowest BCUT2D eigenvalue weighted by atomic mass is 10.0. The average molecular weight is 216 g/mol. The van der Waals surface area contributed by atoms with E-state index in [0.717, 1.165) is 0 Å². The third-order valence-corrected chi connectivity index (χ3v) is 2.25. The lowest BCUT2D eigenvalue weighted by Gasteiger charge is -2.17. The lowest BCUT2D eigenvalue weighted by Crippen LogP contribution is -2.21. The van der Waals surface area contributed by atoms with Gasteiger partial charge in [-0.3, -0.25) is 0 Å². The molecule has 0 aliphatic carbocycles. The summed E-state index contributed by atoms with van der Waals surface area (Å²) in [6.07, 6.45) is -1.39. The highest BCUT2D eigenvalue weighted by Gasteiger charge is 2.17. The Morgan fingerprint density at radius 3 is 2.64 bits per heavy atom. The van der Waals surface area contributed by atoms with Gasteiger partial charge in [0.05, 0.1) is 6.10 Å². The van der Waals surface area contributed by atoms with Crippen LogP contribution >= 0.6 is 11.6 Å². The summed E-state index contributed by atoms with van der Waals surface area (Å²) in [6, 6.07) is 6.80. The van der Waals surface area contributed by atoms with Gasteiger partial charge in [-0.25, -0.2) is 0 Å². The van der Waals surface area contributed by atoms with E-state index in [-0.39, 0.29) is 0 Å². The molecule has 0 bridgehead atoms. The molecule has 0 amide bonds. The minimum Gasteiger partial charge on any atom is -0.390 e. The normalized spacial score (nSPS) is 15.1. The van der Waals surface area contributed by atoms with E-state index in [4.69, 9.17) is 17.3 Å². The molecule has 0 spiro atoms. The minimum absolute atomic E-state index is 0.346. The molecule has 0 saturated carbocycles. The van der Waals surface area contributed by atoms with Crippen molar-refractivity contribution in [3.8, 4) is 0 Å². The largest absolute Gasteiger partial charge is 0.390 e. The zero-order chi connectivity index (χ0) is 10.6. The fraction of sp³-hybridized carbons (Fsp3) is 0.400. The molecule has 0 saturated heterocycles. The van der Waals surface area contributed by atoms with Gasteiger partial charge < -0.3 is 15.9 Å². The van der Waals surface area contributed by atoms with Gasteiger partial charge in [-0.05, 0) is 30.7 Å². The number of aliphatic hydroxyl groups excluding tert-OH is 2. The quantitative estimate of drug-likeness (QED) is 0.704. The SMILES string of the molecule is NCCC(O)C(O)c1cccc(Cl)c1.